The third kappa shape index (κ3) is 3.32. The SMILES string of the molecule is Cn1ccnc1CN(C(=O)CCCCO)C1CC1. The highest BCUT2D eigenvalue weighted by Crippen LogP contribution is 2.28. The number of hydrogen-bond donors (Lipinski definition) is 1. The minimum Gasteiger partial charge on any atom is -0.396 e. The zero-order chi connectivity index (χ0) is 13.0. The number of imidazole rings is 1. The Morgan fingerprint density at radius 1 is 1.56 bits per heavy atom. The summed E-state index contributed by atoms with van der Waals surface area (Å²) in [7, 11) is 1.95. The molecule has 1 aromatic rings. The Balaban J connectivity index is 1.91. The molecule has 1 saturated carbocycles. The average molecular weight is 251 g/mol. The van der Waals surface area contributed by atoms with Gasteiger partial charge in [-0.25, -0.2) is 4.98 Å². The molecule has 1 fully saturated rings. The van der Waals surface area contributed by atoms with Gasteiger partial charge >= 0.3 is 0 Å². The van der Waals surface area contributed by atoms with Gasteiger partial charge in [0.05, 0.1) is 6.54 Å². The van der Waals surface area contributed by atoms with E-state index in [-0.39, 0.29) is 12.5 Å². The van der Waals surface area contributed by atoms with Crippen molar-refractivity contribution in [2.75, 3.05) is 6.61 Å². The van der Waals surface area contributed by atoms with Crippen LogP contribution in [0.2, 0.25) is 0 Å². The van der Waals surface area contributed by atoms with E-state index in [9.17, 15) is 4.79 Å². The molecule has 1 aliphatic rings. The first-order valence-electron chi connectivity index (χ1n) is 6.59. The normalized spacial score (nSPS) is 14.8. The van der Waals surface area contributed by atoms with E-state index in [0.717, 1.165) is 25.1 Å². The fraction of sp³-hybridized carbons (Fsp3) is 0.692. The van der Waals surface area contributed by atoms with Crippen LogP contribution in [0.3, 0.4) is 0 Å². The summed E-state index contributed by atoms with van der Waals surface area (Å²) < 4.78 is 1.95. The highest BCUT2D eigenvalue weighted by atomic mass is 16.3. The van der Waals surface area contributed by atoms with Crippen molar-refractivity contribution >= 4 is 5.91 Å². The lowest BCUT2D eigenvalue weighted by atomic mass is 10.2. The van der Waals surface area contributed by atoms with Gasteiger partial charge in [-0.3, -0.25) is 4.79 Å². The molecule has 0 atom stereocenters. The van der Waals surface area contributed by atoms with Crippen LogP contribution in [0.4, 0.5) is 0 Å². The number of aliphatic hydroxyl groups is 1. The van der Waals surface area contributed by atoms with Crippen LogP contribution < -0.4 is 0 Å². The maximum absolute atomic E-state index is 12.1. The topological polar surface area (TPSA) is 58.4 Å². The third-order valence-corrected chi connectivity index (χ3v) is 3.34. The van der Waals surface area contributed by atoms with Crippen LogP contribution in [0.1, 0.15) is 37.9 Å². The summed E-state index contributed by atoms with van der Waals surface area (Å²) in [6.45, 7) is 0.766. The predicted molar refractivity (Wildman–Crippen MR) is 67.7 cm³/mol. The molecular weight excluding hydrogens is 230 g/mol. The second kappa shape index (κ2) is 6.00. The molecular formula is C13H21N3O2. The summed E-state index contributed by atoms with van der Waals surface area (Å²) in [5.41, 5.74) is 0. The average Bonchev–Trinajstić information content (AvgIpc) is 3.11. The number of rotatable bonds is 7. The zero-order valence-electron chi connectivity index (χ0n) is 10.9. The van der Waals surface area contributed by atoms with Gasteiger partial charge in [-0.05, 0) is 25.7 Å². The molecule has 1 amide bonds. The second-order valence-electron chi connectivity index (χ2n) is 4.89. The molecule has 1 aliphatic carbocycles. The van der Waals surface area contributed by atoms with E-state index in [1.165, 1.54) is 0 Å². The van der Waals surface area contributed by atoms with Crippen LogP contribution in [-0.2, 0) is 18.4 Å². The van der Waals surface area contributed by atoms with Crippen molar-refractivity contribution in [2.45, 2.75) is 44.7 Å². The molecule has 1 heterocycles. The molecule has 0 aromatic carbocycles. The molecule has 5 nitrogen and oxygen atoms in total. The number of hydrogen-bond acceptors (Lipinski definition) is 3. The first kappa shape index (κ1) is 13.1. The van der Waals surface area contributed by atoms with Crippen LogP contribution in [-0.4, -0.2) is 38.1 Å². The Labute approximate surface area is 107 Å². The molecule has 0 radical (unpaired) electrons. The Kier molecular flexibility index (Phi) is 4.36. The lowest BCUT2D eigenvalue weighted by molar-refractivity contribution is -0.132. The summed E-state index contributed by atoms with van der Waals surface area (Å²) in [6.07, 6.45) is 7.87. The first-order valence-corrected chi connectivity index (χ1v) is 6.59. The summed E-state index contributed by atoms with van der Waals surface area (Å²) in [4.78, 5) is 18.4. The standard InChI is InChI=1S/C13H21N3O2/c1-15-8-7-14-12(15)10-16(11-5-6-11)13(18)4-2-3-9-17/h7-8,11,17H,2-6,9-10H2,1H3. The van der Waals surface area contributed by atoms with Gasteiger partial charge in [-0.15, -0.1) is 0 Å². The van der Waals surface area contributed by atoms with E-state index in [1.54, 1.807) is 6.20 Å². The summed E-state index contributed by atoms with van der Waals surface area (Å²) in [6, 6.07) is 0.406. The monoisotopic (exact) mass is 251 g/mol. The van der Waals surface area contributed by atoms with Crippen molar-refractivity contribution in [3.63, 3.8) is 0 Å². The highest BCUT2D eigenvalue weighted by molar-refractivity contribution is 5.76. The number of nitrogens with zero attached hydrogens (tertiary/aromatic N) is 3. The van der Waals surface area contributed by atoms with Crippen molar-refractivity contribution < 1.29 is 9.90 Å². The molecule has 0 saturated heterocycles. The van der Waals surface area contributed by atoms with Gasteiger partial charge in [0.25, 0.3) is 0 Å². The quantitative estimate of drug-likeness (QED) is 0.738. The van der Waals surface area contributed by atoms with Gasteiger partial charge in [0, 0.05) is 38.5 Å². The van der Waals surface area contributed by atoms with Crippen LogP contribution >= 0.6 is 0 Å². The van der Waals surface area contributed by atoms with E-state index < -0.39 is 0 Å². The Hall–Kier alpha value is -1.36. The first-order chi connectivity index (χ1) is 8.72. The molecule has 0 unspecified atom stereocenters. The van der Waals surface area contributed by atoms with Gasteiger partial charge in [-0.2, -0.15) is 0 Å². The van der Waals surface area contributed by atoms with E-state index in [2.05, 4.69) is 4.98 Å². The maximum Gasteiger partial charge on any atom is 0.223 e. The largest absolute Gasteiger partial charge is 0.396 e. The van der Waals surface area contributed by atoms with Crippen molar-refractivity contribution in [3.05, 3.63) is 18.2 Å². The fourth-order valence-corrected chi connectivity index (χ4v) is 2.04. The molecule has 0 spiro atoms. The summed E-state index contributed by atoms with van der Waals surface area (Å²) in [5.74, 6) is 1.12. The minimum atomic E-state index is 0.163. The highest BCUT2D eigenvalue weighted by Gasteiger charge is 2.32. The molecule has 0 bridgehead atoms. The van der Waals surface area contributed by atoms with Crippen molar-refractivity contribution in [3.8, 4) is 0 Å². The molecule has 0 aliphatic heterocycles. The number of unbranched alkanes of at least 4 members (excludes halogenated alkanes) is 1. The zero-order valence-corrected chi connectivity index (χ0v) is 10.9. The van der Waals surface area contributed by atoms with Crippen LogP contribution in [0.15, 0.2) is 12.4 Å². The van der Waals surface area contributed by atoms with Gasteiger partial charge in [-0.1, -0.05) is 0 Å². The van der Waals surface area contributed by atoms with Crippen molar-refractivity contribution in [1.29, 1.82) is 0 Å². The van der Waals surface area contributed by atoms with E-state index in [4.69, 9.17) is 5.11 Å². The molecule has 18 heavy (non-hydrogen) atoms. The third-order valence-electron chi connectivity index (χ3n) is 3.34. The number of carbonyl (C=O) groups is 1. The van der Waals surface area contributed by atoms with Crippen molar-refractivity contribution in [2.24, 2.45) is 7.05 Å². The Bertz CT molecular complexity index is 399. The van der Waals surface area contributed by atoms with E-state index in [0.29, 0.717) is 25.4 Å². The predicted octanol–water partition coefficient (Wildman–Crippen LogP) is 1.07. The number of aryl methyl sites for hydroxylation is 1. The number of carbonyl (C=O) groups excluding carboxylic acids is 1. The number of aliphatic hydroxyl groups excluding tert-OH is 1. The van der Waals surface area contributed by atoms with Gasteiger partial charge in [0.2, 0.25) is 5.91 Å². The molecule has 5 heteroatoms. The van der Waals surface area contributed by atoms with Gasteiger partial charge < -0.3 is 14.6 Å². The van der Waals surface area contributed by atoms with Crippen LogP contribution in [0.5, 0.6) is 0 Å². The Morgan fingerprint density at radius 2 is 2.33 bits per heavy atom. The lowest BCUT2D eigenvalue weighted by Gasteiger charge is -2.22. The number of amides is 1. The van der Waals surface area contributed by atoms with E-state index >= 15 is 0 Å². The van der Waals surface area contributed by atoms with Crippen LogP contribution in [0.25, 0.3) is 0 Å². The second-order valence-corrected chi connectivity index (χ2v) is 4.89. The fourth-order valence-electron chi connectivity index (χ4n) is 2.04. The van der Waals surface area contributed by atoms with E-state index in [1.807, 2.05) is 22.7 Å². The minimum absolute atomic E-state index is 0.163. The molecule has 1 aromatic heterocycles. The number of aromatic nitrogens is 2. The summed E-state index contributed by atoms with van der Waals surface area (Å²) in [5, 5.41) is 8.74. The smallest absolute Gasteiger partial charge is 0.223 e. The summed E-state index contributed by atoms with van der Waals surface area (Å²) >= 11 is 0. The van der Waals surface area contributed by atoms with Crippen molar-refractivity contribution in [1.82, 2.24) is 14.5 Å². The van der Waals surface area contributed by atoms with Gasteiger partial charge in [0.15, 0.2) is 0 Å². The molecule has 1 N–H and O–H groups in total. The lowest BCUT2D eigenvalue weighted by Crippen LogP contribution is -2.33. The maximum atomic E-state index is 12.1. The Morgan fingerprint density at radius 3 is 2.89 bits per heavy atom. The van der Waals surface area contributed by atoms with Gasteiger partial charge in [0.1, 0.15) is 5.82 Å². The molecule has 100 valence electrons. The molecule has 2 rings (SSSR count). The van der Waals surface area contributed by atoms with Crippen LogP contribution in [0, 0.1) is 0 Å².